The predicted octanol–water partition coefficient (Wildman–Crippen LogP) is 12.1. The summed E-state index contributed by atoms with van der Waals surface area (Å²) in [5, 5.41) is 0. The number of benzene rings is 7. The van der Waals surface area contributed by atoms with E-state index in [0.29, 0.717) is 5.75 Å². The molecule has 0 fully saturated rings. The van der Waals surface area contributed by atoms with Crippen molar-refractivity contribution in [2.75, 3.05) is 16.9 Å². The third-order valence-corrected chi connectivity index (χ3v) is 8.68. The van der Waals surface area contributed by atoms with Crippen molar-refractivity contribution in [1.82, 2.24) is 0 Å². The number of esters is 1. The molecule has 52 heavy (non-hydrogen) atoms. The summed E-state index contributed by atoms with van der Waals surface area (Å²) in [5.41, 5.74) is 10.4. The van der Waals surface area contributed by atoms with E-state index in [1.807, 2.05) is 54.6 Å². The Kier molecular flexibility index (Phi) is 10.2. The smallest absolute Gasteiger partial charge is 0.308 e. The minimum Gasteiger partial charge on any atom is -0.497 e. The van der Waals surface area contributed by atoms with E-state index >= 15 is 0 Å². The Labute approximate surface area is 305 Å². The van der Waals surface area contributed by atoms with Gasteiger partial charge in [0, 0.05) is 41.0 Å². The van der Waals surface area contributed by atoms with E-state index < -0.39 is 0 Å². The number of nitrogens with zero attached hydrogens (tertiary/aromatic N) is 2. The average molecular weight is 679 g/mol. The van der Waals surface area contributed by atoms with Crippen LogP contribution in [0.1, 0.15) is 23.6 Å². The molecule has 0 aromatic heterocycles. The number of hydrogen-bond donors (Lipinski definition) is 0. The van der Waals surface area contributed by atoms with Crippen LogP contribution in [0.2, 0.25) is 0 Å². The van der Waals surface area contributed by atoms with Crippen molar-refractivity contribution in [3.63, 3.8) is 0 Å². The first-order valence-corrected chi connectivity index (χ1v) is 17.2. The van der Waals surface area contributed by atoms with Crippen LogP contribution < -0.4 is 19.3 Å². The van der Waals surface area contributed by atoms with Crippen LogP contribution in [0.5, 0.6) is 11.5 Å². The van der Waals surface area contributed by atoms with Crippen LogP contribution in [0.25, 0.3) is 11.6 Å². The van der Waals surface area contributed by atoms with Crippen LogP contribution in [0.4, 0.5) is 34.1 Å². The van der Waals surface area contributed by atoms with Crippen molar-refractivity contribution in [2.45, 2.75) is 6.92 Å². The highest BCUT2D eigenvalue weighted by molar-refractivity contribution is 5.92. The highest BCUT2D eigenvalue weighted by atomic mass is 16.5. The molecule has 7 aromatic carbocycles. The zero-order valence-electron chi connectivity index (χ0n) is 29.1. The van der Waals surface area contributed by atoms with Gasteiger partial charge in [0.2, 0.25) is 0 Å². The van der Waals surface area contributed by atoms with Crippen molar-refractivity contribution in [2.24, 2.45) is 0 Å². The van der Waals surface area contributed by atoms with Gasteiger partial charge in [-0.25, -0.2) is 0 Å². The van der Waals surface area contributed by atoms with Crippen molar-refractivity contribution in [3.05, 3.63) is 205 Å². The maximum Gasteiger partial charge on any atom is 0.308 e. The van der Waals surface area contributed by atoms with E-state index in [1.165, 1.54) is 6.92 Å². The number of carbonyl (C=O) groups excluding carboxylic acids is 1. The van der Waals surface area contributed by atoms with Crippen LogP contribution in [0.15, 0.2) is 188 Å². The molecular weight excluding hydrogens is 641 g/mol. The topological polar surface area (TPSA) is 42.0 Å². The van der Waals surface area contributed by atoms with E-state index in [1.54, 1.807) is 7.11 Å². The number of carbonyl (C=O) groups is 1. The quantitative estimate of drug-likeness (QED) is 0.0774. The summed E-state index contributed by atoms with van der Waals surface area (Å²) in [6.45, 7) is 1.40. The lowest BCUT2D eigenvalue weighted by atomic mass is 9.95. The summed E-state index contributed by atoms with van der Waals surface area (Å²) in [6, 6.07) is 64.2. The van der Waals surface area contributed by atoms with Crippen molar-refractivity contribution < 1.29 is 14.3 Å². The fraction of sp³-hybridized carbons (Fsp3) is 0.0426. The standard InChI is InChI=1S/C47H38N2O3/c1-35(50)52-46-31-25-38(26-32-46)47(37-23-29-45(51-2)30-24-37)33-36-21-27-42(28-22-36)49(41-17-10-5-11-18-41)44-20-12-19-43(34-44)48(39-13-6-3-7-14-39)40-15-8-4-9-16-40/h3-34H,1-2H3. The fourth-order valence-corrected chi connectivity index (χ4v) is 6.26. The van der Waals surface area contributed by atoms with Crippen LogP contribution in [-0.2, 0) is 4.79 Å². The van der Waals surface area contributed by atoms with Crippen LogP contribution in [0, 0.1) is 0 Å². The molecular formula is C47H38N2O3. The van der Waals surface area contributed by atoms with Crippen molar-refractivity contribution in [3.8, 4) is 11.5 Å². The number of hydrogen-bond acceptors (Lipinski definition) is 5. The third-order valence-electron chi connectivity index (χ3n) is 8.68. The van der Waals surface area contributed by atoms with E-state index in [9.17, 15) is 4.79 Å². The van der Waals surface area contributed by atoms with Gasteiger partial charge < -0.3 is 19.3 Å². The number of para-hydroxylation sites is 3. The fourth-order valence-electron chi connectivity index (χ4n) is 6.26. The van der Waals surface area contributed by atoms with Gasteiger partial charge in [0.15, 0.2) is 0 Å². The minimum atomic E-state index is -0.347. The molecule has 7 aromatic rings. The molecule has 0 saturated heterocycles. The first kappa shape index (κ1) is 33.6. The van der Waals surface area contributed by atoms with Gasteiger partial charge in [-0.1, -0.05) is 97.1 Å². The normalized spacial score (nSPS) is 11.1. The molecule has 0 aliphatic rings. The second-order valence-electron chi connectivity index (χ2n) is 12.2. The average Bonchev–Trinajstić information content (AvgIpc) is 3.19. The van der Waals surface area contributed by atoms with Gasteiger partial charge in [0.25, 0.3) is 0 Å². The Bertz CT molecular complexity index is 2210. The second-order valence-corrected chi connectivity index (χ2v) is 12.2. The number of ether oxygens (including phenoxy) is 2. The van der Waals surface area contributed by atoms with Gasteiger partial charge in [-0.15, -0.1) is 0 Å². The lowest BCUT2D eigenvalue weighted by Crippen LogP contribution is -2.13. The van der Waals surface area contributed by atoms with Crippen molar-refractivity contribution >= 4 is 51.7 Å². The molecule has 5 nitrogen and oxygen atoms in total. The minimum absolute atomic E-state index is 0.347. The first-order valence-electron chi connectivity index (χ1n) is 17.2. The van der Waals surface area contributed by atoms with E-state index in [0.717, 1.165) is 62.1 Å². The summed E-state index contributed by atoms with van der Waals surface area (Å²) in [7, 11) is 1.67. The Morgan fingerprint density at radius 1 is 0.462 bits per heavy atom. The second kappa shape index (κ2) is 15.8. The van der Waals surface area contributed by atoms with Gasteiger partial charge in [0.05, 0.1) is 7.11 Å². The zero-order valence-corrected chi connectivity index (χ0v) is 29.1. The third kappa shape index (κ3) is 7.80. The van der Waals surface area contributed by atoms with Gasteiger partial charge in [-0.05, 0) is 119 Å². The van der Waals surface area contributed by atoms with Gasteiger partial charge >= 0.3 is 5.97 Å². The SMILES string of the molecule is COc1ccc(C(=Cc2ccc(N(c3ccccc3)c3cccc(N(c4ccccc4)c4ccccc4)c3)cc2)c2ccc(OC(C)=O)cc2)cc1. The number of anilines is 6. The van der Waals surface area contributed by atoms with Crippen LogP contribution in [-0.4, -0.2) is 13.1 Å². The molecule has 0 unspecified atom stereocenters. The molecule has 5 heteroatoms. The highest BCUT2D eigenvalue weighted by Gasteiger charge is 2.17. The molecule has 0 aliphatic heterocycles. The summed E-state index contributed by atoms with van der Waals surface area (Å²) in [6.07, 6.45) is 2.18. The molecule has 7 rings (SSSR count). The summed E-state index contributed by atoms with van der Waals surface area (Å²) >= 11 is 0. The van der Waals surface area contributed by atoms with Gasteiger partial charge in [-0.3, -0.25) is 4.79 Å². The first-order chi connectivity index (χ1) is 25.6. The van der Waals surface area contributed by atoms with Crippen LogP contribution in [0.3, 0.4) is 0 Å². The molecule has 0 N–H and O–H groups in total. The maximum absolute atomic E-state index is 11.5. The number of methoxy groups -OCH3 is 1. The molecule has 0 aliphatic carbocycles. The monoisotopic (exact) mass is 678 g/mol. The molecule has 0 atom stereocenters. The van der Waals surface area contributed by atoms with Crippen LogP contribution >= 0.6 is 0 Å². The molecule has 0 spiro atoms. The zero-order chi connectivity index (χ0) is 35.7. The number of rotatable bonds is 11. The van der Waals surface area contributed by atoms with E-state index in [2.05, 4.69) is 149 Å². The molecule has 254 valence electrons. The Morgan fingerprint density at radius 3 is 1.29 bits per heavy atom. The molecule has 0 saturated carbocycles. The maximum atomic E-state index is 11.5. The molecule has 0 bridgehead atoms. The molecule has 0 radical (unpaired) electrons. The predicted molar refractivity (Wildman–Crippen MR) is 214 cm³/mol. The molecule has 0 heterocycles. The largest absolute Gasteiger partial charge is 0.497 e. The lowest BCUT2D eigenvalue weighted by Gasteiger charge is -2.29. The highest BCUT2D eigenvalue weighted by Crippen LogP contribution is 2.40. The lowest BCUT2D eigenvalue weighted by molar-refractivity contribution is -0.131. The van der Waals surface area contributed by atoms with Gasteiger partial charge in [0.1, 0.15) is 11.5 Å². The van der Waals surface area contributed by atoms with Gasteiger partial charge in [-0.2, -0.15) is 0 Å². The van der Waals surface area contributed by atoms with E-state index in [-0.39, 0.29) is 5.97 Å². The summed E-state index contributed by atoms with van der Waals surface area (Å²) in [5.74, 6) is 0.952. The molecule has 0 amide bonds. The summed E-state index contributed by atoms with van der Waals surface area (Å²) < 4.78 is 10.7. The Morgan fingerprint density at radius 2 is 0.865 bits per heavy atom. The Hall–Kier alpha value is -6.85. The van der Waals surface area contributed by atoms with Crippen molar-refractivity contribution in [1.29, 1.82) is 0 Å². The van der Waals surface area contributed by atoms with E-state index in [4.69, 9.17) is 9.47 Å². The summed E-state index contributed by atoms with van der Waals surface area (Å²) in [4.78, 5) is 16.1. The Balaban J connectivity index is 1.28.